The number of nitrogens with one attached hydrogen (secondary N) is 1. The van der Waals surface area contributed by atoms with Crippen molar-refractivity contribution in [2.45, 2.75) is 32.7 Å². The van der Waals surface area contributed by atoms with Gasteiger partial charge in [0, 0.05) is 17.1 Å². The van der Waals surface area contributed by atoms with E-state index in [0.29, 0.717) is 0 Å². The lowest BCUT2D eigenvalue weighted by atomic mass is 9.87. The number of rotatable bonds is 4. The summed E-state index contributed by atoms with van der Waals surface area (Å²) in [4.78, 5) is 0. The molecule has 2 aromatic rings. The number of hydrogen-bond acceptors (Lipinski definition) is 2. The van der Waals surface area contributed by atoms with Crippen LogP contribution in [0, 0.1) is 0 Å². The van der Waals surface area contributed by atoms with E-state index >= 15 is 0 Å². The predicted octanol–water partition coefficient (Wildman–Crippen LogP) is 5.15. The molecule has 3 heteroatoms. The molecule has 0 aliphatic carbocycles. The summed E-state index contributed by atoms with van der Waals surface area (Å²) in [6.45, 7) is 7.32. The van der Waals surface area contributed by atoms with E-state index in [9.17, 15) is 0 Å². The summed E-state index contributed by atoms with van der Waals surface area (Å²) >= 11 is 6.04. The first-order valence-corrected chi connectivity index (χ1v) is 7.49. The smallest absolute Gasteiger partial charge is 0.132 e. The zero-order valence-corrected chi connectivity index (χ0v) is 13.8. The van der Waals surface area contributed by atoms with Gasteiger partial charge in [-0.05, 0) is 48.4 Å². The summed E-state index contributed by atoms with van der Waals surface area (Å²) in [5.41, 5.74) is 2.49. The lowest BCUT2D eigenvalue weighted by Gasteiger charge is -2.19. The highest BCUT2D eigenvalue weighted by atomic mass is 35.5. The van der Waals surface area contributed by atoms with Crippen LogP contribution in [0.15, 0.2) is 42.5 Å². The molecule has 0 aromatic heterocycles. The van der Waals surface area contributed by atoms with Crippen LogP contribution < -0.4 is 10.1 Å². The second-order valence-corrected chi connectivity index (χ2v) is 6.60. The molecule has 1 N–H and O–H groups in total. The van der Waals surface area contributed by atoms with Crippen LogP contribution in [0.1, 0.15) is 31.9 Å². The second-order valence-electron chi connectivity index (χ2n) is 6.16. The molecule has 0 bridgehead atoms. The first-order valence-electron chi connectivity index (χ1n) is 7.11. The van der Waals surface area contributed by atoms with E-state index in [1.807, 2.05) is 37.4 Å². The van der Waals surface area contributed by atoms with Crippen molar-refractivity contribution in [1.29, 1.82) is 0 Å². The first-order chi connectivity index (χ1) is 9.90. The van der Waals surface area contributed by atoms with E-state index in [1.54, 1.807) is 0 Å². The molecule has 0 radical (unpaired) electrons. The van der Waals surface area contributed by atoms with Crippen LogP contribution in [0.5, 0.6) is 11.5 Å². The molecular weight excluding hydrogens is 282 g/mol. The van der Waals surface area contributed by atoms with Crippen molar-refractivity contribution in [1.82, 2.24) is 5.32 Å². The van der Waals surface area contributed by atoms with Gasteiger partial charge in [0.15, 0.2) is 0 Å². The van der Waals surface area contributed by atoms with Crippen molar-refractivity contribution in [2.24, 2.45) is 0 Å². The Kier molecular flexibility index (Phi) is 4.92. The van der Waals surface area contributed by atoms with Gasteiger partial charge in [0.2, 0.25) is 0 Å². The van der Waals surface area contributed by atoms with Crippen LogP contribution in [-0.4, -0.2) is 7.05 Å². The fourth-order valence-electron chi connectivity index (χ4n) is 2.13. The third-order valence-corrected chi connectivity index (χ3v) is 3.57. The molecule has 0 heterocycles. The monoisotopic (exact) mass is 303 g/mol. The second kappa shape index (κ2) is 6.50. The highest BCUT2D eigenvalue weighted by Gasteiger charge is 2.13. The van der Waals surface area contributed by atoms with Crippen molar-refractivity contribution in [3.05, 3.63) is 58.6 Å². The molecule has 112 valence electrons. The van der Waals surface area contributed by atoms with E-state index in [-0.39, 0.29) is 5.41 Å². The lowest BCUT2D eigenvalue weighted by molar-refractivity contribution is 0.473. The van der Waals surface area contributed by atoms with Crippen LogP contribution in [0.4, 0.5) is 0 Å². The molecule has 0 saturated heterocycles. The van der Waals surface area contributed by atoms with Gasteiger partial charge in [-0.3, -0.25) is 0 Å². The largest absolute Gasteiger partial charge is 0.457 e. The Morgan fingerprint density at radius 2 is 1.71 bits per heavy atom. The quantitative estimate of drug-likeness (QED) is 0.843. The average molecular weight is 304 g/mol. The minimum absolute atomic E-state index is 0.149. The predicted molar refractivity (Wildman–Crippen MR) is 89.4 cm³/mol. The summed E-state index contributed by atoms with van der Waals surface area (Å²) in [6.07, 6.45) is 0. The number of benzene rings is 2. The van der Waals surface area contributed by atoms with Crippen molar-refractivity contribution in [3.63, 3.8) is 0 Å². The van der Waals surface area contributed by atoms with E-state index in [1.165, 1.54) is 5.56 Å². The SMILES string of the molecule is CNCc1cc(Cl)ccc1Oc1ccc(C(C)(C)C)cc1. The molecule has 0 fully saturated rings. The fourth-order valence-corrected chi connectivity index (χ4v) is 2.32. The van der Waals surface area contributed by atoms with Gasteiger partial charge in [0.05, 0.1) is 0 Å². The van der Waals surface area contributed by atoms with Crippen molar-refractivity contribution in [2.75, 3.05) is 7.05 Å². The molecule has 2 nitrogen and oxygen atoms in total. The molecule has 2 rings (SSSR count). The summed E-state index contributed by atoms with van der Waals surface area (Å²) in [7, 11) is 1.91. The van der Waals surface area contributed by atoms with Gasteiger partial charge < -0.3 is 10.1 Å². The molecule has 21 heavy (non-hydrogen) atoms. The summed E-state index contributed by atoms with van der Waals surface area (Å²) in [6, 6.07) is 13.9. The maximum Gasteiger partial charge on any atom is 0.132 e. The van der Waals surface area contributed by atoms with Crippen LogP contribution in [0.3, 0.4) is 0 Å². The van der Waals surface area contributed by atoms with Crippen LogP contribution in [0.2, 0.25) is 5.02 Å². The minimum Gasteiger partial charge on any atom is -0.457 e. The van der Waals surface area contributed by atoms with Crippen LogP contribution in [-0.2, 0) is 12.0 Å². The zero-order valence-electron chi connectivity index (χ0n) is 13.0. The molecule has 0 unspecified atom stereocenters. The summed E-state index contributed by atoms with van der Waals surface area (Å²) < 4.78 is 5.99. The Hall–Kier alpha value is -1.51. The Bertz CT molecular complexity index is 600. The Morgan fingerprint density at radius 3 is 2.29 bits per heavy atom. The van der Waals surface area contributed by atoms with Crippen molar-refractivity contribution >= 4 is 11.6 Å². The molecule has 0 aliphatic heterocycles. The lowest BCUT2D eigenvalue weighted by Crippen LogP contribution is -2.10. The first kappa shape index (κ1) is 15.9. The molecule has 2 aromatic carbocycles. The normalized spacial score (nSPS) is 11.5. The van der Waals surface area contributed by atoms with Gasteiger partial charge in [-0.25, -0.2) is 0 Å². The molecule has 0 aliphatic rings. The van der Waals surface area contributed by atoms with Gasteiger partial charge >= 0.3 is 0 Å². The highest BCUT2D eigenvalue weighted by molar-refractivity contribution is 6.30. The van der Waals surface area contributed by atoms with Crippen molar-refractivity contribution < 1.29 is 4.74 Å². The van der Waals surface area contributed by atoms with Crippen molar-refractivity contribution in [3.8, 4) is 11.5 Å². The standard InChI is InChI=1S/C18H22ClNO/c1-18(2,3)14-5-8-16(9-6-14)21-17-10-7-15(19)11-13(17)12-20-4/h5-11,20H,12H2,1-4H3. The maximum atomic E-state index is 6.04. The number of hydrogen-bond donors (Lipinski definition) is 1. The summed E-state index contributed by atoms with van der Waals surface area (Å²) in [5.74, 6) is 1.67. The van der Waals surface area contributed by atoms with E-state index in [2.05, 4.69) is 38.2 Å². The Balaban J connectivity index is 2.22. The Labute approximate surface area is 132 Å². The minimum atomic E-state index is 0.149. The molecule has 0 spiro atoms. The average Bonchev–Trinajstić information content (AvgIpc) is 2.42. The molecule has 0 saturated carbocycles. The third kappa shape index (κ3) is 4.23. The zero-order chi connectivity index (χ0) is 15.5. The van der Waals surface area contributed by atoms with E-state index in [0.717, 1.165) is 28.6 Å². The third-order valence-electron chi connectivity index (χ3n) is 3.34. The Morgan fingerprint density at radius 1 is 1.05 bits per heavy atom. The van der Waals surface area contributed by atoms with Crippen LogP contribution >= 0.6 is 11.6 Å². The fraction of sp³-hybridized carbons (Fsp3) is 0.333. The van der Waals surface area contributed by atoms with E-state index in [4.69, 9.17) is 16.3 Å². The highest BCUT2D eigenvalue weighted by Crippen LogP contribution is 2.30. The van der Waals surface area contributed by atoms with Gasteiger partial charge in [-0.15, -0.1) is 0 Å². The van der Waals surface area contributed by atoms with Gasteiger partial charge in [-0.2, -0.15) is 0 Å². The molecule has 0 amide bonds. The van der Waals surface area contributed by atoms with Crippen LogP contribution in [0.25, 0.3) is 0 Å². The molecular formula is C18H22ClNO. The van der Waals surface area contributed by atoms with E-state index < -0.39 is 0 Å². The number of halogens is 1. The van der Waals surface area contributed by atoms with Gasteiger partial charge in [0.25, 0.3) is 0 Å². The topological polar surface area (TPSA) is 21.3 Å². The molecule has 0 atom stereocenters. The number of ether oxygens (including phenoxy) is 1. The summed E-state index contributed by atoms with van der Waals surface area (Å²) in [5, 5.41) is 3.85. The van der Waals surface area contributed by atoms with Gasteiger partial charge in [0.1, 0.15) is 11.5 Å². The maximum absolute atomic E-state index is 6.04. The van der Waals surface area contributed by atoms with Gasteiger partial charge in [-0.1, -0.05) is 44.5 Å².